The van der Waals surface area contributed by atoms with Gasteiger partial charge in [-0.1, -0.05) is 43.2 Å². The summed E-state index contributed by atoms with van der Waals surface area (Å²) in [5.74, 6) is -0.726. The number of rotatable bonds is 5. The maximum absolute atomic E-state index is 11.9. The van der Waals surface area contributed by atoms with Crippen LogP contribution >= 0.6 is 0 Å². The van der Waals surface area contributed by atoms with Gasteiger partial charge in [0, 0.05) is 12.1 Å². The lowest BCUT2D eigenvalue weighted by molar-refractivity contribution is -0.150. The van der Waals surface area contributed by atoms with Gasteiger partial charge in [-0.25, -0.2) is 4.79 Å². The van der Waals surface area contributed by atoms with Gasteiger partial charge in [-0.2, -0.15) is 0 Å². The lowest BCUT2D eigenvalue weighted by Gasteiger charge is -2.16. The van der Waals surface area contributed by atoms with Crippen LogP contribution in [0.4, 0.5) is 0 Å². The van der Waals surface area contributed by atoms with Gasteiger partial charge in [-0.15, -0.1) is 0 Å². The summed E-state index contributed by atoms with van der Waals surface area (Å²) >= 11 is 0. The Bertz CT molecular complexity index is 504. The summed E-state index contributed by atoms with van der Waals surface area (Å²) in [5, 5.41) is 2.92. The molecular formula is C17H21NO3. The Morgan fingerprint density at radius 3 is 2.57 bits per heavy atom. The lowest BCUT2D eigenvalue weighted by Crippen LogP contribution is -2.40. The monoisotopic (exact) mass is 287 g/mol. The Kier molecular flexibility index (Phi) is 5.55. The number of carbonyl (C=O) groups is 2. The Labute approximate surface area is 125 Å². The molecule has 0 spiro atoms. The highest BCUT2D eigenvalue weighted by Crippen LogP contribution is 2.17. The average Bonchev–Trinajstić information content (AvgIpc) is 2.99. The molecule has 1 aliphatic carbocycles. The van der Waals surface area contributed by atoms with Crippen LogP contribution in [0, 0.1) is 0 Å². The van der Waals surface area contributed by atoms with Crippen LogP contribution in [0.1, 0.15) is 38.2 Å². The predicted octanol–water partition coefficient (Wildman–Crippen LogP) is 2.69. The standard InChI is InChI=1S/C17H21NO3/c1-13(17(20)18-15-9-5-6-10-15)21-16(19)12-11-14-7-3-2-4-8-14/h2-4,7-8,11-13,15H,5-6,9-10H2,1H3,(H,18,20)/b12-11+/t13-/m1/s1. The van der Waals surface area contributed by atoms with E-state index in [2.05, 4.69) is 5.32 Å². The maximum atomic E-state index is 11.9. The molecule has 0 radical (unpaired) electrons. The number of amides is 1. The molecule has 0 aromatic heterocycles. The number of carbonyl (C=O) groups excluding carboxylic acids is 2. The highest BCUT2D eigenvalue weighted by atomic mass is 16.5. The Balaban J connectivity index is 1.78. The van der Waals surface area contributed by atoms with Gasteiger partial charge >= 0.3 is 5.97 Å². The third kappa shape index (κ3) is 5.06. The number of hydrogen-bond acceptors (Lipinski definition) is 3. The second-order valence-electron chi connectivity index (χ2n) is 5.31. The minimum absolute atomic E-state index is 0.219. The molecule has 112 valence electrons. The third-order valence-corrected chi connectivity index (χ3v) is 3.58. The van der Waals surface area contributed by atoms with E-state index in [0.29, 0.717) is 0 Å². The minimum atomic E-state index is -0.765. The van der Waals surface area contributed by atoms with Crippen molar-refractivity contribution < 1.29 is 14.3 Å². The third-order valence-electron chi connectivity index (χ3n) is 3.58. The number of esters is 1. The number of benzene rings is 1. The first-order valence-corrected chi connectivity index (χ1v) is 7.39. The van der Waals surface area contributed by atoms with Gasteiger partial charge in [0.15, 0.2) is 6.10 Å². The van der Waals surface area contributed by atoms with Crippen molar-refractivity contribution in [2.45, 2.75) is 44.8 Å². The fraction of sp³-hybridized carbons (Fsp3) is 0.412. The van der Waals surface area contributed by atoms with Crippen LogP contribution in [-0.4, -0.2) is 24.0 Å². The van der Waals surface area contributed by atoms with Crippen LogP contribution in [0.25, 0.3) is 6.08 Å². The van der Waals surface area contributed by atoms with Gasteiger partial charge < -0.3 is 10.1 Å². The van der Waals surface area contributed by atoms with Crippen molar-refractivity contribution in [3.8, 4) is 0 Å². The highest BCUT2D eigenvalue weighted by Gasteiger charge is 2.22. The zero-order valence-electron chi connectivity index (χ0n) is 12.2. The summed E-state index contributed by atoms with van der Waals surface area (Å²) in [6.07, 6.45) is 6.58. The summed E-state index contributed by atoms with van der Waals surface area (Å²) < 4.78 is 5.11. The van der Waals surface area contributed by atoms with E-state index in [0.717, 1.165) is 31.2 Å². The highest BCUT2D eigenvalue weighted by molar-refractivity contribution is 5.90. The number of hydrogen-bond donors (Lipinski definition) is 1. The van der Waals surface area contributed by atoms with Crippen LogP contribution in [0.5, 0.6) is 0 Å². The molecule has 1 atom stereocenters. The van der Waals surface area contributed by atoms with Gasteiger partial charge in [0.2, 0.25) is 0 Å². The van der Waals surface area contributed by atoms with Crippen LogP contribution in [-0.2, 0) is 14.3 Å². The van der Waals surface area contributed by atoms with Crippen molar-refractivity contribution in [3.63, 3.8) is 0 Å². The fourth-order valence-corrected chi connectivity index (χ4v) is 2.38. The van der Waals surface area contributed by atoms with Crippen LogP contribution in [0.15, 0.2) is 36.4 Å². The van der Waals surface area contributed by atoms with Gasteiger partial charge in [0.25, 0.3) is 5.91 Å². The molecule has 0 bridgehead atoms. The molecule has 1 N–H and O–H groups in total. The fourth-order valence-electron chi connectivity index (χ4n) is 2.38. The molecule has 1 aromatic rings. The molecule has 1 amide bonds. The molecule has 0 aliphatic heterocycles. The molecule has 0 unspecified atom stereocenters. The maximum Gasteiger partial charge on any atom is 0.331 e. The number of ether oxygens (including phenoxy) is 1. The SMILES string of the molecule is C[C@@H](OC(=O)/C=C/c1ccccc1)C(=O)NC1CCCC1. The van der Waals surface area contributed by atoms with E-state index in [1.54, 1.807) is 13.0 Å². The van der Waals surface area contributed by atoms with E-state index >= 15 is 0 Å². The van der Waals surface area contributed by atoms with Crippen molar-refractivity contribution in [2.75, 3.05) is 0 Å². The normalized spacial score (nSPS) is 16.8. The first-order valence-electron chi connectivity index (χ1n) is 7.39. The van der Waals surface area contributed by atoms with E-state index in [9.17, 15) is 9.59 Å². The van der Waals surface area contributed by atoms with Gasteiger partial charge in [0.05, 0.1) is 0 Å². The first-order chi connectivity index (χ1) is 10.1. The topological polar surface area (TPSA) is 55.4 Å². The molecule has 1 saturated carbocycles. The average molecular weight is 287 g/mol. The molecule has 4 heteroatoms. The quantitative estimate of drug-likeness (QED) is 0.669. The van der Waals surface area contributed by atoms with Gasteiger partial charge in [0.1, 0.15) is 0 Å². The van der Waals surface area contributed by atoms with Gasteiger partial charge in [-0.3, -0.25) is 4.79 Å². The largest absolute Gasteiger partial charge is 0.449 e. The lowest BCUT2D eigenvalue weighted by atomic mass is 10.2. The predicted molar refractivity (Wildman–Crippen MR) is 81.4 cm³/mol. The van der Waals surface area contributed by atoms with Crippen molar-refractivity contribution in [3.05, 3.63) is 42.0 Å². The summed E-state index contributed by atoms with van der Waals surface area (Å²) in [6, 6.07) is 9.70. The van der Waals surface area contributed by atoms with Crippen molar-refractivity contribution >= 4 is 18.0 Å². The molecule has 21 heavy (non-hydrogen) atoms. The molecule has 1 aliphatic rings. The van der Waals surface area contributed by atoms with Crippen LogP contribution < -0.4 is 5.32 Å². The van der Waals surface area contributed by atoms with E-state index in [1.807, 2.05) is 30.3 Å². The van der Waals surface area contributed by atoms with Gasteiger partial charge in [-0.05, 0) is 31.4 Å². The molecule has 0 heterocycles. The zero-order chi connectivity index (χ0) is 15.1. The Morgan fingerprint density at radius 1 is 1.24 bits per heavy atom. The number of nitrogens with one attached hydrogen (secondary N) is 1. The van der Waals surface area contributed by atoms with Crippen LogP contribution in [0.3, 0.4) is 0 Å². The summed E-state index contributed by atoms with van der Waals surface area (Å²) in [7, 11) is 0. The second-order valence-corrected chi connectivity index (χ2v) is 5.31. The minimum Gasteiger partial charge on any atom is -0.449 e. The van der Waals surface area contributed by atoms with E-state index in [4.69, 9.17) is 4.74 Å². The molecule has 1 fully saturated rings. The molecule has 0 saturated heterocycles. The first kappa shape index (κ1) is 15.3. The van der Waals surface area contributed by atoms with E-state index in [-0.39, 0.29) is 11.9 Å². The Hall–Kier alpha value is -2.10. The molecule has 2 rings (SSSR count). The van der Waals surface area contributed by atoms with Crippen molar-refractivity contribution in [1.29, 1.82) is 0 Å². The molecule has 1 aromatic carbocycles. The van der Waals surface area contributed by atoms with Crippen molar-refractivity contribution in [1.82, 2.24) is 5.32 Å². The van der Waals surface area contributed by atoms with E-state index in [1.165, 1.54) is 6.08 Å². The Morgan fingerprint density at radius 2 is 1.90 bits per heavy atom. The van der Waals surface area contributed by atoms with Crippen molar-refractivity contribution in [2.24, 2.45) is 0 Å². The molecular weight excluding hydrogens is 266 g/mol. The summed E-state index contributed by atoms with van der Waals surface area (Å²) in [5.41, 5.74) is 0.914. The van der Waals surface area contributed by atoms with Crippen LogP contribution in [0.2, 0.25) is 0 Å². The zero-order valence-corrected chi connectivity index (χ0v) is 12.2. The smallest absolute Gasteiger partial charge is 0.331 e. The molecule has 4 nitrogen and oxygen atoms in total. The summed E-state index contributed by atoms with van der Waals surface area (Å²) in [4.78, 5) is 23.6. The second kappa shape index (κ2) is 7.62. The van der Waals surface area contributed by atoms with E-state index < -0.39 is 12.1 Å². The summed E-state index contributed by atoms with van der Waals surface area (Å²) in [6.45, 7) is 1.60.